The molecule has 0 fully saturated rings. The first-order valence-electron chi connectivity index (χ1n) is 10.3. The van der Waals surface area contributed by atoms with Gasteiger partial charge in [0.25, 0.3) is 5.69 Å². The van der Waals surface area contributed by atoms with Crippen LogP contribution in [0.4, 0.5) is 11.4 Å². The number of non-ortho nitro benzene ring substituents is 1. The minimum Gasteiger partial charge on any atom is -0.497 e. The minimum atomic E-state index is -0.553. The Balaban J connectivity index is 1.70. The number of carbonyl (C=O) groups excluding carboxylic acids is 1. The average Bonchev–Trinajstić information content (AvgIpc) is 3.23. The van der Waals surface area contributed by atoms with Crippen LogP contribution in [0.5, 0.6) is 11.5 Å². The van der Waals surface area contributed by atoms with Crippen molar-refractivity contribution in [2.75, 3.05) is 18.2 Å². The van der Waals surface area contributed by atoms with Crippen molar-refractivity contribution in [3.8, 4) is 11.5 Å². The van der Waals surface area contributed by atoms with E-state index in [4.69, 9.17) is 21.1 Å². The number of aromatic nitrogens is 3. The zero-order valence-electron chi connectivity index (χ0n) is 19.0. The van der Waals surface area contributed by atoms with E-state index in [1.54, 1.807) is 13.2 Å². The van der Waals surface area contributed by atoms with Gasteiger partial charge in [-0.15, -0.1) is 10.2 Å². The van der Waals surface area contributed by atoms with Crippen LogP contribution < -0.4 is 14.8 Å². The third-order valence-corrected chi connectivity index (χ3v) is 5.96. The van der Waals surface area contributed by atoms with Gasteiger partial charge < -0.3 is 19.4 Å². The third kappa shape index (κ3) is 6.17. The first kappa shape index (κ1) is 25.3. The maximum absolute atomic E-state index is 12.5. The lowest BCUT2D eigenvalue weighted by Gasteiger charge is -2.19. The standard InChI is InChI=1S/C22H24ClN5O5S/c1-13(2)27-21(14(3)33-17-7-5-6-16(11-17)32-4)25-26-22(27)34-12-20(29)24-19-10-15(28(30)31)8-9-18(19)23/h5-11,13-14H,12H2,1-4H3,(H,24,29). The molecule has 1 atom stereocenters. The predicted octanol–water partition coefficient (Wildman–Crippen LogP) is 5.30. The summed E-state index contributed by atoms with van der Waals surface area (Å²) in [4.78, 5) is 22.9. The van der Waals surface area contributed by atoms with Gasteiger partial charge in [-0.1, -0.05) is 29.4 Å². The monoisotopic (exact) mass is 505 g/mol. The van der Waals surface area contributed by atoms with E-state index in [0.717, 1.165) is 0 Å². The number of ether oxygens (including phenoxy) is 2. The van der Waals surface area contributed by atoms with Gasteiger partial charge in [0.05, 0.1) is 28.5 Å². The van der Waals surface area contributed by atoms with Crippen molar-refractivity contribution in [2.24, 2.45) is 0 Å². The fraction of sp³-hybridized carbons (Fsp3) is 0.318. The summed E-state index contributed by atoms with van der Waals surface area (Å²) in [6, 6.07) is 11.1. The molecule has 2 aromatic carbocycles. The molecule has 10 nitrogen and oxygen atoms in total. The molecule has 0 radical (unpaired) electrons. The van der Waals surface area contributed by atoms with Gasteiger partial charge in [0, 0.05) is 24.2 Å². The second-order valence-corrected chi connectivity index (χ2v) is 8.85. The largest absolute Gasteiger partial charge is 0.497 e. The molecule has 0 saturated carbocycles. The van der Waals surface area contributed by atoms with Crippen LogP contribution in [0.2, 0.25) is 5.02 Å². The first-order chi connectivity index (χ1) is 16.2. The Kier molecular flexibility index (Phi) is 8.35. The number of hydrogen-bond donors (Lipinski definition) is 1. The van der Waals surface area contributed by atoms with Crippen molar-refractivity contribution in [2.45, 2.75) is 38.1 Å². The number of methoxy groups -OCH3 is 1. The van der Waals surface area contributed by atoms with Crippen LogP contribution in [0, 0.1) is 10.1 Å². The van der Waals surface area contributed by atoms with Gasteiger partial charge in [0.1, 0.15) is 11.5 Å². The van der Waals surface area contributed by atoms with Gasteiger partial charge in [-0.25, -0.2) is 0 Å². The molecule has 180 valence electrons. The number of nitrogens with zero attached hydrogens (tertiary/aromatic N) is 4. The zero-order valence-corrected chi connectivity index (χ0v) is 20.6. The van der Waals surface area contributed by atoms with E-state index in [-0.39, 0.29) is 34.1 Å². The third-order valence-electron chi connectivity index (χ3n) is 4.69. The molecule has 1 aromatic heterocycles. The number of thioether (sulfide) groups is 1. The summed E-state index contributed by atoms with van der Waals surface area (Å²) in [6.45, 7) is 5.84. The van der Waals surface area contributed by atoms with Crippen LogP contribution in [0.1, 0.15) is 38.7 Å². The van der Waals surface area contributed by atoms with Crippen molar-refractivity contribution in [3.63, 3.8) is 0 Å². The van der Waals surface area contributed by atoms with Crippen molar-refractivity contribution in [3.05, 3.63) is 63.4 Å². The molecular formula is C22H24ClN5O5S. The molecule has 1 unspecified atom stereocenters. The number of nitro benzene ring substituents is 1. The Morgan fingerprint density at radius 2 is 1.94 bits per heavy atom. The number of halogens is 1. The quantitative estimate of drug-likeness (QED) is 0.224. The lowest BCUT2D eigenvalue weighted by atomic mass is 10.3. The first-order valence-corrected chi connectivity index (χ1v) is 11.7. The van der Waals surface area contributed by atoms with Crippen molar-refractivity contribution in [1.82, 2.24) is 14.8 Å². The van der Waals surface area contributed by atoms with Crippen molar-refractivity contribution in [1.29, 1.82) is 0 Å². The summed E-state index contributed by atoms with van der Waals surface area (Å²) in [5.74, 6) is 1.55. The SMILES string of the molecule is COc1cccc(OC(C)c2nnc(SCC(=O)Nc3cc([N+](=O)[O-])ccc3Cl)n2C(C)C)c1. The van der Waals surface area contributed by atoms with Crippen LogP contribution in [0.15, 0.2) is 47.6 Å². The fourth-order valence-electron chi connectivity index (χ4n) is 3.12. The van der Waals surface area contributed by atoms with Gasteiger partial charge in [-0.3, -0.25) is 14.9 Å². The number of nitro groups is 1. The van der Waals surface area contributed by atoms with Crippen molar-refractivity contribution >= 4 is 40.6 Å². The van der Waals surface area contributed by atoms with Crippen molar-refractivity contribution < 1.29 is 19.2 Å². The van der Waals surface area contributed by atoms with Gasteiger partial charge >= 0.3 is 0 Å². The molecule has 3 rings (SSSR count). The van der Waals surface area contributed by atoms with Crippen LogP contribution in [0.3, 0.4) is 0 Å². The Hall–Kier alpha value is -3.31. The molecule has 1 amide bonds. The molecule has 0 spiro atoms. The predicted molar refractivity (Wildman–Crippen MR) is 130 cm³/mol. The molecule has 34 heavy (non-hydrogen) atoms. The second kappa shape index (κ2) is 11.2. The molecule has 3 aromatic rings. The van der Waals surface area contributed by atoms with E-state index in [0.29, 0.717) is 22.5 Å². The number of rotatable bonds is 10. The molecule has 0 bridgehead atoms. The summed E-state index contributed by atoms with van der Waals surface area (Å²) in [5, 5.41) is 22.9. The number of amides is 1. The molecule has 0 aliphatic carbocycles. The Morgan fingerprint density at radius 3 is 2.62 bits per heavy atom. The number of benzene rings is 2. The molecule has 12 heteroatoms. The van der Waals surface area contributed by atoms with Crippen LogP contribution in [-0.2, 0) is 4.79 Å². The lowest BCUT2D eigenvalue weighted by Crippen LogP contribution is -2.17. The average molecular weight is 506 g/mol. The number of carbonyl (C=O) groups is 1. The highest BCUT2D eigenvalue weighted by atomic mass is 35.5. The Bertz CT molecular complexity index is 1190. The second-order valence-electron chi connectivity index (χ2n) is 7.50. The van der Waals surface area contributed by atoms with E-state index >= 15 is 0 Å². The molecule has 1 N–H and O–H groups in total. The fourth-order valence-corrected chi connectivity index (χ4v) is 4.16. The highest BCUT2D eigenvalue weighted by Gasteiger charge is 2.22. The van der Waals surface area contributed by atoms with Gasteiger partial charge in [-0.05, 0) is 39.0 Å². The van der Waals surface area contributed by atoms with Crippen LogP contribution >= 0.6 is 23.4 Å². The van der Waals surface area contributed by atoms with E-state index in [2.05, 4.69) is 15.5 Å². The number of anilines is 1. The molecular weight excluding hydrogens is 482 g/mol. The summed E-state index contributed by atoms with van der Waals surface area (Å²) >= 11 is 7.25. The Morgan fingerprint density at radius 1 is 1.21 bits per heavy atom. The summed E-state index contributed by atoms with van der Waals surface area (Å²) in [5.41, 5.74) is 0.00867. The van der Waals surface area contributed by atoms with Gasteiger partial charge in [0.15, 0.2) is 17.1 Å². The van der Waals surface area contributed by atoms with E-state index in [1.165, 1.54) is 30.0 Å². The summed E-state index contributed by atoms with van der Waals surface area (Å²) in [7, 11) is 1.59. The van der Waals surface area contributed by atoms with E-state index < -0.39 is 11.0 Å². The molecule has 1 heterocycles. The van der Waals surface area contributed by atoms with Crippen LogP contribution in [0.25, 0.3) is 0 Å². The molecule has 0 aliphatic heterocycles. The minimum absolute atomic E-state index is 0.00892. The van der Waals surface area contributed by atoms with E-state index in [1.807, 2.05) is 43.5 Å². The highest BCUT2D eigenvalue weighted by Crippen LogP contribution is 2.30. The van der Waals surface area contributed by atoms with Crippen LogP contribution in [-0.4, -0.2) is 38.5 Å². The molecule has 0 aliphatic rings. The summed E-state index contributed by atoms with van der Waals surface area (Å²) < 4.78 is 13.2. The number of nitrogens with one attached hydrogen (secondary N) is 1. The lowest BCUT2D eigenvalue weighted by molar-refractivity contribution is -0.384. The van der Waals surface area contributed by atoms with Gasteiger partial charge in [-0.2, -0.15) is 0 Å². The Labute approximate surface area is 205 Å². The maximum Gasteiger partial charge on any atom is 0.271 e. The smallest absolute Gasteiger partial charge is 0.271 e. The highest BCUT2D eigenvalue weighted by molar-refractivity contribution is 7.99. The normalized spacial score (nSPS) is 11.8. The topological polar surface area (TPSA) is 121 Å². The number of hydrogen-bond acceptors (Lipinski definition) is 8. The van der Waals surface area contributed by atoms with E-state index in [9.17, 15) is 14.9 Å². The summed E-state index contributed by atoms with van der Waals surface area (Å²) in [6.07, 6.45) is -0.408. The molecule has 0 saturated heterocycles. The maximum atomic E-state index is 12.5. The zero-order chi connectivity index (χ0) is 24.8. The van der Waals surface area contributed by atoms with Gasteiger partial charge in [0.2, 0.25) is 5.91 Å².